The number of amides is 1. The van der Waals surface area contributed by atoms with Crippen molar-refractivity contribution in [1.29, 1.82) is 0 Å². The molecule has 0 aromatic heterocycles. The van der Waals surface area contributed by atoms with Crippen molar-refractivity contribution in [2.75, 3.05) is 5.73 Å². The Bertz CT molecular complexity index is 484. The van der Waals surface area contributed by atoms with Gasteiger partial charge in [-0.3, -0.25) is 4.79 Å². The van der Waals surface area contributed by atoms with Crippen LogP contribution in [0.4, 0.5) is 5.69 Å². The highest BCUT2D eigenvalue weighted by Gasteiger charge is 2.36. The van der Waals surface area contributed by atoms with Crippen LogP contribution >= 0.6 is 0 Å². The maximum Gasteiger partial charge on any atom is 0.226 e. The summed E-state index contributed by atoms with van der Waals surface area (Å²) in [6.45, 7) is 3.05. The van der Waals surface area contributed by atoms with E-state index in [0.29, 0.717) is 11.9 Å². The smallest absolute Gasteiger partial charge is 0.226 e. The molecular formula is C18H26N2O. The third-order valence-corrected chi connectivity index (χ3v) is 4.97. The van der Waals surface area contributed by atoms with Crippen LogP contribution in [0, 0.1) is 11.8 Å². The first-order chi connectivity index (χ1) is 10.1. The van der Waals surface area contributed by atoms with Crippen molar-refractivity contribution >= 4 is 11.6 Å². The van der Waals surface area contributed by atoms with Gasteiger partial charge >= 0.3 is 0 Å². The second-order valence-corrected chi connectivity index (χ2v) is 6.90. The molecule has 3 heteroatoms. The summed E-state index contributed by atoms with van der Waals surface area (Å²) in [7, 11) is 0. The second-order valence-electron chi connectivity index (χ2n) is 6.90. The van der Waals surface area contributed by atoms with Crippen molar-refractivity contribution in [2.45, 2.75) is 58.0 Å². The highest BCUT2D eigenvalue weighted by atomic mass is 16.2. The molecule has 21 heavy (non-hydrogen) atoms. The zero-order valence-corrected chi connectivity index (χ0v) is 12.9. The van der Waals surface area contributed by atoms with Gasteiger partial charge in [0.25, 0.3) is 0 Å². The molecule has 0 atom stereocenters. The van der Waals surface area contributed by atoms with E-state index in [1.54, 1.807) is 0 Å². The van der Waals surface area contributed by atoms with E-state index in [4.69, 9.17) is 5.73 Å². The Morgan fingerprint density at radius 2 is 1.71 bits per heavy atom. The average molecular weight is 286 g/mol. The van der Waals surface area contributed by atoms with Gasteiger partial charge in [0.05, 0.1) is 0 Å². The molecule has 0 aliphatic heterocycles. The Hall–Kier alpha value is -1.51. The van der Waals surface area contributed by atoms with Gasteiger partial charge < -0.3 is 10.6 Å². The predicted octanol–water partition coefficient (Wildman–Crippen LogP) is 3.59. The van der Waals surface area contributed by atoms with Crippen LogP contribution in [0.25, 0.3) is 0 Å². The molecule has 0 unspecified atom stereocenters. The second kappa shape index (κ2) is 6.08. The van der Waals surface area contributed by atoms with Crippen LogP contribution in [0.3, 0.4) is 0 Å². The molecule has 2 aliphatic rings. The summed E-state index contributed by atoms with van der Waals surface area (Å²) in [6, 6.07) is 8.41. The molecule has 0 heterocycles. The van der Waals surface area contributed by atoms with Crippen LogP contribution in [0.15, 0.2) is 24.3 Å². The number of anilines is 1. The minimum absolute atomic E-state index is 0.260. The summed E-state index contributed by atoms with van der Waals surface area (Å²) in [5.41, 5.74) is 7.71. The highest BCUT2D eigenvalue weighted by Crippen LogP contribution is 2.34. The summed E-state index contributed by atoms with van der Waals surface area (Å²) in [5, 5.41) is 0. The normalized spacial score (nSPS) is 25.6. The Kier molecular flexibility index (Phi) is 4.18. The van der Waals surface area contributed by atoms with Crippen LogP contribution in [0.2, 0.25) is 0 Å². The number of carbonyl (C=O) groups is 1. The lowest BCUT2D eigenvalue weighted by atomic mass is 9.82. The molecule has 0 spiro atoms. The molecule has 3 rings (SSSR count). The Balaban J connectivity index is 1.66. The lowest BCUT2D eigenvalue weighted by Crippen LogP contribution is -2.38. The number of nitrogens with two attached hydrogens (primary N) is 1. The molecule has 1 aromatic carbocycles. The first-order valence-electron chi connectivity index (χ1n) is 8.28. The zero-order chi connectivity index (χ0) is 14.8. The maximum absolute atomic E-state index is 12.9. The Labute approximate surface area is 127 Å². The minimum Gasteiger partial charge on any atom is -0.399 e. The van der Waals surface area contributed by atoms with Gasteiger partial charge in [0.2, 0.25) is 5.91 Å². The summed E-state index contributed by atoms with van der Waals surface area (Å²) >= 11 is 0. The molecule has 0 radical (unpaired) electrons. The fraction of sp³-hybridized carbons (Fsp3) is 0.611. The van der Waals surface area contributed by atoms with E-state index < -0.39 is 0 Å². The molecule has 2 saturated carbocycles. The van der Waals surface area contributed by atoms with Gasteiger partial charge in [-0.25, -0.2) is 0 Å². The van der Waals surface area contributed by atoms with Crippen LogP contribution < -0.4 is 5.73 Å². The third kappa shape index (κ3) is 3.58. The molecule has 2 N–H and O–H groups in total. The fourth-order valence-electron chi connectivity index (χ4n) is 3.33. The maximum atomic E-state index is 12.9. The van der Waals surface area contributed by atoms with Crippen molar-refractivity contribution in [3.8, 4) is 0 Å². The Morgan fingerprint density at radius 3 is 2.29 bits per heavy atom. The van der Waals surface area contributed by atoms with Crippen molar-refractivity contribution in [3.05, 3.63) is 29.8 Å². The van der Waals surface area contributed by atoms with Gasteiger partial charge in [-0.15, -0.1) is 0 Å². The van der Waals surface area contributed by atoms with E-state index in [1.807, 2.05) is 24.3 Å². The molecule has 114 valence electrons. The number of nitrogen functional groups attached to an aromatic ring is 1. The van der Waals surface area contributed by atoms with Crippen molar-refractivity contribution in [1.82, 2.24) is 4.90 Å². The van der Waals surface area contributed by atoms with Gasteiger partial charge in [-0.2, -0.15) is 0 Å². The fourth-order valence-corrected chi connectivity index (χ4v) is 3.33. The SMILES string of the molecule is CC1CCC(C(=O)N(Cc2ccc(N)cc2)C2CC2)CC1. The van der Waals surface area contributed by atoms with E-state index in [-0.39, 0.29) is 5.92 Å². The molecule has 3 nitrogen and oxygen atoms in total. The lowest BCUT2D eigenvalue weighted by Gasteiger charge is -2.31. The molecule has 2 aliphatic carbocycles. The van der Waals surface area contributed by atoms with Crippen LogP contribution in [0.5, 0.6) is 0 Å². The first kappa shape index (κ1) is 14.4. The molecule has 2 fully saturated rings. The number of nitrogens with zero attached hydrogens (tertiary/aromatic N) is 1. The molecule has 1 aromatic rings. The third-order valence-electron chi connectivity index (χ3n) is 4.97. The van der Waals surface area contributed by atoms with E-state index in [2.05, 4.69) is 11.8 Å². The summed E-state index contributed by atoms with van der Waals surface area (Å²) < 4.78 is 0. The zero-order valence-electron chi connectivity index (χ0n) is 12.9. The molecule has 1 amide bonds. The molecule has 0 saturated heterocycles. The molecular weight excluding hydrogens is 260 g/mol. The summed E-state index contributed by atoms with van der Waals surface area (Å²) in [6.07, 6.45) is 6.90. The molecule has 0 bridgehead atoms. The van der Waals surface area contributed by atoms with Gasteiger partial charge in [0, 0.05) is 24.2 Å². The quantitative estimate of drug-likeness (QED) is 0.860. The van der Waals surface area contributed by atoms with E-state index in [0.717, 1.165) is 31.0 Å². The van der Waals surface area contributed by atoms with E-state index >= 15 is 0 Å². The van der Waals surface area contributed by atoms with E-state index in [1.165, 1.54) is 31.2 Å². The standard InChI is InChI=1S/C18H26N2O/c1-13-2-6-15(7-3-13)18(21)20(17-10-11-17)12-14-4-8-16(19)9-5-14/h4-5,8-9,13,15,17H,2-3,6-7,10-12,19H2,1H3. The number of carbonyl (C=O) groups excluding carboxylic acids is 1. The average Bonchev–Trinajstić information content (AvgIpc) is 3.31. The van der Waals surface area contributed by atoms with Crippen LogP contribution in [0.1, 0.15) is 51.0 Å². The number of hydrogen-bond acceptors (Lipinski definition) is 2. The van der Waals surface area contributed by atoms with Gasteiger partial charge in [-0.1, -0.05) is 19.1 Å². The van der Waals surface area contributed by atoms with Gasteiger partial charge in [0.1, 0.15) is 0 Å². The lowest BCUT2D eigenvalue weighted by molar-refractivity contribution is -0.138. The van der Waals surface area contributed by atoms with Crippen molar-refractivity contribution < 1.29 is 4.79 Å². The predicted molar refractivity (Wildman–Crippen MR) is 85.5 cm³/mol. The number of benzene rings is 1. The number of rotatable bonds is 4. The first-order valence-corrected chi connectivity index (χ1v) is 8.28. The topological polar surface area (TPSA) is 46.3 Å². The largest absolute Gasteiger partial charge is 0.399 e. The van der Waals surface area contributed by atoms with Crippen molar-refractivity contribution in [3.63, 3.8) is 0 Å². The van der Waals surface area contributed by atoms with Crippen LogP contribution in [-0.2, 0) is 11.3 Å². The van der Waals surface area contributed by atoms with Crippen LogP contribution in [-0.4, -0.2) is 16.8 Å². The van der Waals surface area contributed by atoms with Gasteiger partial charge in [-0.05, 0) is 62.1 Å². The van der Waals surface area contributed by atoms with E-state index in [9.17, 15) is 4.79 Å². The highest BCUT2D eigenvalue weighted by molar-refractivity contribution is 5.79. The number of hydrogen-bond donors (Lipinski definition) is 1. The monoisotopic (exact) mass is 286 g/mol. The summed E-state index contributed by atoms with van der Waals surface area (Å²) in [4.78, 5) is 15.0. The van der Waals surface area contributed by atoms with Crippen molar-refractivity contribution in [2.24, 2.45) is 11.8 Å². The minimum atomic E-state index is 0.260. The summed E-state index contributed by atoms with van der Waals surface area (Å²) in [5.74, 6) is 1.44. The van der Waals surface area contributed by atoms with Gasteiger partial charge in [0.15, 0.2) is 0 Å². The Morgan fingerprint density at radius 1 is 1.10 bits per heavy atom.